The Balaban J connectivity index is 1.32. The van der Waals surface area contributed by atoms with Gasteiger partial charge in [-0.25, -0.2) is 0 Å². The lowest BCUT2D eigenvalue weighted by molar-refractivity contribution is -0.146. The number of aryl methyl sites for hydroxylation is 2. The quantitative estimate of drug-likeness (QED) is 0.793. The van der Waals surface area contributed by atoms with E-state index in [1.54, 1.807) is 15.9 Å². The molecule has 0 aliphatic carbocycles. The fourth-order valence-corrected chi connectivity index (χ4v) is 3.54. The van der Waals surface area contributed by atoms with Crippen LogP contribution in [0.5, 0.6) is 11.5 Å². The molecule has 0 radical (unpaired) electrons. The van der Waals surface area contributed by atoms with Gasteiger partial charge in [0.15, 0.2) is 11.5 Å². The minimum atomic E-state index is -0.653. The zero-order valence-corrected chi connectivity index (χ0v) is 16.0. The summed E-state index contributed by atoms with van der Waals surface area (Å²) < 4.78 is 16.6. The lowest BCUT2D eigenvalue weighted by Gasteiger charge is -2.37. The second kappa shape index (κ2) is 7.53. The molecule has 1 saturated heterocycles. The second-order valence-electron chi connectivity index (χ2n) is 7.05. The summed E-state index contributed by atoms with van der Waals surface area (Å²) in [4.78, 5) is 28.9. The Labute approximate surface area is 163 Å². The van der Waals surface area contributed by atoms with Gasteiger partial charge in [0.1, 0.15) is 12.4 Å². The summed E-state index contributed by atoms with van der Waals surface area (Å²) in [6, 6.07) is 7.32. The topological polar surface area (TPSA) is 85.1 Å². The monoisotopic (exact) mass is 385 g/mol. The van der Waals surface area contributed by atoms with Crippen molar-refractivity contribution in [1.82, 2.24) is 15.0 Å². The molecule has 4 rings (SSSR count). The number of amides is 2. The Bertz CT molecular complexity index is 866. The molecule has 2 aliphatic rings. The number of benzene rings is 1. The number of fused-ring (bicyclic) bond motifs is 1. The van der Waals surface area contributed by atoms with E-state index in [0.29, 0.717) is 43.4 Å². The Kier molecular flexibility index (Phi) is 4.93. The summed E-state index contributed by atoms with van der Waals surface area (Å²) in [7, 11) is 0. The van der Waals surface area contributed by atoms with Crippen molar-refractivity contribution in [1.29, 1.82) is 0 Å². The van der Waals surface area contributed by atoms with Gasteiger partial charge in [0.2, 0.25) is 12.0 Å². The molecule has 1 unspecified atom stereocenters. The van der Waals surface area contributed by atoms with E-state index in [1.165, 1.54) is 0 Å². The Hall–Kier alpha value is -3.03. The zero-order chi connectivity index (χ0) is 19.7. The van der Waals surface area contributed by atoms with E-state index in [4.69, 9.17) is 14.0 Å². The number of para-hydroxylation sites is 2. The van der Waals surface area contributed by atoms with Gasteiger partial charge in [0.05, 0.1) is 12.1 Å². The van der Waals surface area contributed by atoms with E-state index < -0.39 is 6.10 Å². The number of hydrogen-bond donors (Lipinski definition) is 0. The predicted molar refractivity (Wildman–Crippen MR) is 99.2 cm³/mol. The molecule has 3 heterocycles. The molecule has 0 spiro atoms. The number of ether oxygens (including phenoxy) is 2. The highest BCUT2D eigenvalue weighted by molar-refractivity contribution is 5.83. The van der Waals surface area contributed by atoms with Gasteiger partial charge in [-0.05, 0) is 26.0 Å². The number of aromatic nitrogens is 1. The molecule has 0 N–H and O–H groups in total. The molecular weight excluding hydrogens is 362 g/mol. The first-order chi connectivity index (χ1) is 13.5. The number of carbonyl (C=O) groups is 2. The van der Waals surface area contributed by atoms with Crippen LogP contribution in [0.4, 0.5) is 0 Å². The first-order valence-corrected chi connectivity index (χ1v) is 9.39. The van der Waals surface area contributed by atoms with Crippen LogP contribution < -0.4 is 9.47 Å². The molecule has 0 bridgehead atoms. The number of rotatable bonds is 3. The molecule has 8 nitrogen and oxygen atoms in total. The number of piperazine rings is 1. The van der Waals surface area contributed by atoms with E-state index in [-0.39, 0.29) is 24.8 Å². The maximum absolute atomic E-state index is 12.8. The maximum Gasteiger partial charge on any atom is 0.267 e. The van der Waals surface area contributed by atoms with Gasteiger partial charge < -0.3 is 23.8 Å². The van der Waals surface area contributed by atoms with Gasteiger partial charge in [-0.3, -0.25) is 9.59 Å². The van der Waals surface area contributed by atoms with Crippen molar-refractivity contribution in [3.8, 4) is 11.5 Å². The molecule has 1 fully saturated rings. The standard InChI is InChI=1S/C20H23N3O5/c1-13-15(14(2)28-21-13)11-19(24)22-7-9-23(10-8-22)20(25)18-12-26-16-5-3-4-6-17(16)27-18/h3-6,18H,7-12H2,1-2H3. The highest BCUT2D eigenvalue weighted by Gasteiger charge is 2.33. The van der Waals surface area contributed by atoms with E-state index in [0.717, 1.165) is 11.3 Å². The smallest absolute Gasteiger partial charge is 0.267 e. The number of hydrogen-bond acceptors (Lipinski definition) is 6. The highest BCUT2D eigenvalue weighted by atomic mass is 16.6. The van der Waals surface area contributed by atoms with Crippen molar-refractivity contribution in [3.63, 3.8) is 0 Å². The van der Waals surface area contributed by atoms with Gasteiger partial charge in [-0.15, -0.1) is 0 Å². The fourth-order valence-electron chi connectivity index (χ4n) is 3.54. The van der Waals surface area contributed by atoms with Crippen molar-refractivity contribution >= 4 is 11.8 Å². The van der Waals surface area contributed by atoms with Gasteiger partial charge in [0.25, 0.3) is 5.91 Å². The third-order valence-electron chi connectivity index (χ3n) is 5.24. The molecule has 2 amide bonds. The lowest BCUT2D eigenvalue weighted by atomic mass is 10.1. The third-order valence-corrected chi connectivity index (χ3v) is 5.24. The van der Waals surface area contributed by atoms with Crippen molar-refractivity contribution in [2.24, 2.45) is 0 Å². The second-order valence-corrected chi connectivity index (χ2v) is 7.05. The molecule has 1 atom stereocenters. The normalized spacial score (nSPS) is 18.9. The average molecular weight is 385 g/mol. The molecule has 0 saturated carbocycles. The summed E-state index contributed by atoms with van der Waals surface area (Å²) in [5, 5.41) is 3.89. The van der Waals surface area contributed by atoms with Crippen molar-refractivity contribution in [2.75, 3.05) is 32.8 Å². The fraction of sp³-hybridized carbons (Fsp3) is 0.450. The van der Waals surface area contributed by atoms with E-state index in [1.807, 2.05) is 32.0 Å². The van der Waals surface area contributed by atoms with Crippen LogP contribution in [0.3, 0.4) is 0 Å². The first-order valence-electron chi connectivity index (χ1n) is 9.39. The summed E-state index contributed by atoms with van der Waals surface area (Å²) >= 11 is 0. The van der Waals surface area contributed by atoms with Crippen molar-refractivity contribution < 1.29 is 23.6 Å². The molecule has 1 aromatic carbocycles. The largest absolute Gasteiger partial charge is 0.485 e. The predicted octanol–water partition coefficient (Wildman–Crippen LogP) is 1.34. The van der Waals surface area contributed by atoms with Crippen LogP contribution in [0.1, 0.15) is 17.0 Å². The van der Waals surface area contributed by atoms with E-state index in [2.05, 4.69) is 5.16 Å². The maximum atomic E-state index is 12.8. The molecule has 28 heavy (non-hydrogen) atoms. The Morgan fingerprint density at radius 1 is 1.07 bits per heavy atom. The van der Waals surface area contributed by atoms with Crippen LogP contribution in [0.15, 0.2) is 28.8 Å². The molecule has 1 aromatic heterocycles. The lowest BCUT2D eigenvalue weighted by Crippen LogP contribution is -2.55. The summed E-state index contributed by atoms with van der Waals surface area (Å²) in [6.45, 7) is 5.79. The number of carbonyl (C=O) groups excluding carboxylic acids is 2. The highest BCUT2D eigenvalue weighted by Crippen LogP contribution is 2.31. The summed E-state index contributed by atoms with van der Waals surface area (Å²) in [5.41, 5.74) is 1.59. The molecular formula is C20H23N3O5. The molecule has 2 aliphatic heterocycles. The Morgan fingerprint density at radius 2 is 1.75 bits per heavy atom. The van der Waals surface area contributed by atoms with Crippen LogP contribution in [0, 0.1) is 13.8 Å². The van der Waals surface area contributed by atoms with Crippen LogP contribution in [-0.2, 0) is 16.0 Å². The van der Waals surface area contributed by atoms with Gasteiger partial charge in [0, 0.05) is 31.7 Å². The van der Waals surface area contributed by atoms with Crippen LogP contribution in [-0.4, -0.2) is 65.7 Å². The Morgan fingerprint density at radius 3 is 2.43 bits per heavy atom. The van der Waals surface area contributed by atoms with Gasteiger partial charge >= 0.3 is 0 Å². The van der Waals surface area contributed by atoms with Crippen LogP contribution >= 0.6 is 0 Å². The molecule has 8 heteroatoms. The SMILES string of the molecule is Cc1noc(C)c1CC(=O)N1CCN(C(=O)C2COc3ccccc3O2)CC1. The molecule has 2 aromatic rings. The molecule has 148 valence electrons. The van der Waals surface area contributed by atoms with Crippen LogP contribution in [0.2, 0.25) is 0 Å². The van der Waals surface area contributed by atoms with Gasteiger partial charge in [-0.1, -0.05) is 17.3 Å². The minimum Gasteiger partial charge on any atom is -0.485 e. The zero-order valence-electron chi connectivity index (χ0n) is 16.0. The number of nitrogens with zero attached hydrogens (tertiary/aromatic N) is 3. The van der Waals surface area contributed by atoms with Crippen LogP contribution in [0.25, 0.3) is 0 Å². The van der Waals surface area contributed by atoms with E-state index in [9.17, 15) is 9.59 Å². The van der Waals surface area contributed by atoms with Crippen molar-refractivity contribution in [2.45, 2.75) is 26.4 Å². The van der Waals surface area contributed by atoms with E-state index >= 15 is 0 Å². The first kappa shape index (κ1) is 18.3. The summed E-state index contributed by atoms with van der Waals surface area (Å²) in [6.07, 6.45) is -0.384. The van der Waals surface area contributed by atoms with Gasteiger partial charge in [-0.2, -0.15) is 0 Å². The third kappa shape index (κ3) is 3.54. The minimum absolute atomic E-state index is 0.0210. The average Bonchev–Trinajstić information content (AvgIpc) is 3.05. The van der Waals surface area contributed by atoms with Crippen molar-refractivity contribution in [3.05, 3.63) is 41.3 Å². The summed E-state index contributed by atoms with van der Waals surface area (Å²) in [5.74, 6) is 1.83.